The zero-order valence-electron chi connectivity index (χ0n) is 10.5. The summed E-state index contributed by atoms with van der Waals surface area (Å²) in [6, 6.07) is 8.57. The summed E-state index contributed by atoms with van der Waals surface area (Å²) in [5, 5.41) is 1.82. The number of nitrogen functional groups attached to an aromatic ring is 1. The fourth-order valence-corrected chi connectivity index (χ4v) is 2.64. The maximum Gasteiger partial charge on any atom is 0.114 e. The molecule has 2 aromatic rings. The van der Waals surface area contributed by atoms with E-state index in [0.717, 1.165) is 27.7 Å². The molecule has 1 aromatic carbocycles. The molecule has 17 heavy (non-hydrogen) atoms. The van der Waals surface area contributed by atoms with Crippen LogP contribution in [0.3, 0.4) is 0 Å². The van der Waals surface area contributed by atoms with Crippen LogP contribution in [0.25, 0.3) is 11.3 Å². The van der Waals surface area contributed by atoms with E-state index >= 15 is 0 Å². The molecule has 2 N–H and O–H groups in total. The van der Waals surface area contributed by atoms with Crippen molar-refractivity contribution in [2.75, 3.05) is 5.73 Å². The lowest BCUT2D eigenvalue weighted by molar-refractivity contribution is 0.647. The molecule has 0 aliphatic carbocycles. The van der Waals surface area contributed by atoms with Gasteiger partial charge in [-0.2, -0.15) is 0 Å². The van der Waals surface area contributed by atoms with Crippen LogP contribution in [0, 0.1) is 12.8 Å². The molecule has 0 amide bonds. The predicted octanol–water partition coefficient (Wildman–Crippen LogP) is 3.90. The molecule has 0 radical (unpaired) electrons. The topological polar surface area (TPSA) is 38.9 Å². The van der Waals surface area contributed by atoms with Gasteiger partial charge in [-0.1, -0.05) is 38.1 Å². The van der Waals surface area contributed by atoms with Gasteiger partial charge in [0.1, 0.15) is 10.7 Å². The Morgan fingerprint density at radius 3 is 2.35 bits per heavy atom. The molecule has 1 heterocycles. The van der Waals surface area contributed by atoms with Crippen LogP contribution < -0.4 is 5.73 Å². The summed E-state index contributed by atoms with van der Waals surface area (Å²) in [5.41, 5.74) is 9.35. The number of anilines is 1. The van der Waals surface area contributed by atoms with E-state index in [0.29, 0.717) is 5.92 Å². The van der Waals surface area contributed by atoms with Crippen LogP contribution >= 0.6 is 11.3 Å². The summed E-state index contributed by atoms with van der Waals surface area (Å²) >= 11 is 1.55. The SMILES string of the molecule is Cc1nc(-c2ccc(CC(C)C)cc2)c(N)s1. The number of benzene rings is 1. The largest absolute Gasteiger partial charge is 0.389 e. The molecule has 0 spiro atoms. The van der Waals surface area contributed by atoms with Crippen molar-refractivity contribution < 1.29 is 0 Å². The Balaban J connectivity index is 2.26. The average molecular weight is 246 g/mol. The van der Waals surface area contributed by atoms with Gasteiger partial charge in [-0.25, -0.2) is 4.98 Å². The summed E-state index contributed by atoms with van der Waals surface area (Å²) < 4.78 is 0. The van der Waals surface area contributed by atoms with Gasteiger partial charge in [-0.15, -0.1) is 11.3 Å². The quantitative estimate of drug-likeness (QED) is 0.892. The lowest BCUT2D eigenvalue weighted by Crippen LogP contribution is -1.93. The molecule has 90 valence electrons. The van der Waals surface area contributed by atoms with Gasteiger partial charge >= 0.3 is 0 Å². The minimum atomic E-state index is 0.687. The fraction of sp³-hybridized carbons (Fsp3) is 0.357. The molecular weight excluding hydrogens is 228 g/mol. The summed E-state index contributed by atoms with van der Waals surface area (Å²) in [7, 11) is 0. The van der Waals surface area contributed by atoms with E-state index in [9.17, 15) is 0 Å². The monoisotopic (exact) mass is 246 g/mol. The third kappa shape index (κ3) is 2.86. The Hall–Kier alpha value is -1.35. The number of hydrogen-bond donors (Lipinski definition) is 1. The Labute approximate surface area is 107 Å². The first-order valence-corrected chi connectivity index (χ1v) is 6.70. The Morgan fingerprint density at radius 1 is 1.24 bits per heavy atom. The van der Waals surface area contributed by atoms with Crippen LogP contribution in [0.2, 0.25) is 0 Å². The standard InChI is InChI=1S/C14H18N2S/c1-9(2)8-11-4-6-12(7-5-11)13-14(15)17-10(3)16-13/h4-7,9H,8,15H2,1-3H3. The van der Waals surface area contributed by atoms with Crippen LogP contribution in [0.5, 0.6) is 0 Å². The zero-order valence-corrected chi connectivity index (χ0v) is 11.3. The van der Waals surface area contributed by atoms with Gasteiger partial charge < -0.3 is 5.73 Å². The molecule has 1 aromatic heterocycles. The van der Waals surface area contributed by atoms with Gasteiger partial charge in [-0.3, -0.25) is 0 Å². The molecule has 2 rings (SSSR count). The van der Waals surface area contributed by atoms with Crippen molar-refractivity contribution in [1.82, 2.24) is 4.98 Å². The van der Waals surface area contributed by atoms with Crippen LogP contribution in [0.15, 0.2) is 24.3 Å². The number of hydrogen-bond acceptors (Lipinski definition) is 3. The van der Waals surface area contributed by atoms with E-state index in [-0.39, 0.29) is 0 Å². The summed E-state index contributed by atoms with van der Waals surface area (Å²) in [6.07, 6.45) is 1.12. The first-order chi connectivity index (χ1) is 8.06. The first kappa shape index (κ1) is 12.1. The molecular formula is C14H18N2S. The minimum Gasteiger partial charge on any atom is -0.389 e. The zero-order chi connectivity index (χ0) is 12.4. The Kier molecular flexibility index (Phi) is 3.48. The molecule has 0 unspecified atom stereocenters. The summed E-state index contributed by atoms with van der Waals surface area (Å²) in [5.74, 6) is 0.687. The number of aryl methyl sites for hydroxylation is 1. The smallest absolute Gasteiger partial charge is 0.114 e. The predicted molar refractivity (Wildman–Crippen MR) is 75.2 cm³/mol. The van der Waals surface area contributed by atoms with E-state index < -0.39 is 0 Å². The Morgan fingerprint density at radius 2 is 1.88 bits per heavy atom. The van der Waals surface area contributed by atoms with Gasteiger partial charge in [0, 0.05) is 5.56 Å². The number of aromatic nitrogens is 1. The summed E-state index contributed by atoms with van der Waals surface area (Å²) in [6.45, 7) is 6.45. The van der Waals surface area contributed by atoms with Crippen molar-refractivity contribution in [2.45, 2.75) is 27.2 Å². The molecule has 0 aliphatic rings. The molecule has 0 saturated carbocycles. The highest BCUT2D eigenvalue weighted by Gasteiger charge is 2.08. The molecule has 0 bridgehead atoms. The van der Waals surface area contributed by atoms with Crippen LogP contribution in [0.1, 0.15) is 24.4 Å². The maximum absolute atomic E-state index is 5.95. The summed E-state index contributed by atoms with van der Waals surface area (Å²) in [4.78, 5) is 4.46. The van der Waals surface area contributed by atoms with Crippen molar-refractivity contribution >= 4 is 16.3 Å². The average Bonchev–Trinajstić information content (AvgIpc) is 2.58. The number of nitrogens with two attached hydrogens (primary N) is 1. The second kappa shape index (κ2) is 4.88. The van der Waals surface area contributed by atoms with E-state index in [2.05, 4.69) is 43.1 Å². The van der Waals surface area contributed by atoms with Crippen LogP contribution in [0.4, 0.5) is 5.00 Å². The Bertz CT molecular complexity index is 497. The highest BCUT2D eigenvalue weighted by atomic mass is 32.1. The molecule has 0 fully saturated rings. The highest BCUT2D eigenvalue weighted by Crippen LogP contribution is 2.30. The molecule has 3 heteroatoms. The normalized spacial score (nSPS) is 11.1. The van der Waals surface area contributed by atoms with E-state index in [4.69, 9.17) is 5.73 Å². The van der Waals surface area contributed by atoms with Crippen molar-refractivity contribution in [3.63, 3.8) is 0 Å². The highest BCUT2D eigenvalue weighted by molar-refractivity contribution is 7.16. The lowest BCUT2D eigenvalue weighted by atomic mass is 10.0. The third-order valence-corrected chi connectivity index (χ3v) is 3.43. The van der Waals surface area contributed by atoms with E-state index in [1.807, 2.05) is 6.92 Å². The van der Waals surface area contributed by atoms with Gasteiger partial charge in [0.25, 0.3) is 0 Å². The maximum atomic E-state index is 5.95. The van der Waals surface area contributed by atoms with Crippen molar-refractivity contribution in [2.24, 2.45) is 5.92 Å². The molecule has 0 atom stereocenters. The van der Waals surface area contributed by atoms with E-state index in [1.54, 1.807) is 11.3 Å². The second-order valence-electron chi connectivity index (χ2n) is 4.74. The number of nitrogens with zero attached hydrogens (tertiary/aromatic N) is 1. The van der Waals surface area contributed by atoms with Crippen molar-refractivity contribution in [3.8, 4) is 11.3 Å². The number of rotatable bonds is 3. The van der Waals surface area contributed by atoms with Gasteiger partial charge in [-0.05, 0) is 24.8 Å². The van der Waals surface area contributed by atoms with Crippen LogP contribution in [-0.4, -0.2) is 4.98 Å². The van der Waals surface area contributed by atoms with Gasteiger partial charge in [0.15, 0.2) is 0 Å². The first-order valence-electron chi connectivity index (χ1n) is 5.88. The minimum absolute atomic E-state index is 0.687. The third-order valence-electron chi connectivity index (χ3n) is 2.63. The molecule has 2 nitrogen and oxygen atoms in total. The van der Waals surface area contributed by atoms with Gasteiger partial charge in [0.2, 0.25) is 0 Å². The lowest BCUT2D eigenvalue weighted by Gasteiger charge is -2.05. The number of thiazole rings is 1. The van der Waals surface area contributed by atoms with Gasteiger partial charge in [0.05, 0.1) is 5.01 Å². The molecule has 0 saturated heterocycles. The van der Waals surface area contributed by atoms with Crippen LogP contribution in [-0.2, 0) is 6.42 Å². The van der Waals surface area contributed by atoms with E-state index in [1.165, 1.54) is 5.56 Å². The second-order valence-corrected chi connectivity index (χ2v) is 5.98. The van der Waals surface area contributed by atoms with Crippen molar-refractivity contribution in [3.05, 3.63) is 34.8 Å². The molecule has 0 aliphatic heterocycles. The van der Waals surface area contributed by atoms with Crippen molar-refractivity contribution in [1.29, 1.82) is 0 Å². The fourth-order valence-electron chi connectivity index (χ4n) is 1.92.